The Kier molecular flexibility index (Phi) is 3.91. The molecule has 1 saturated carbocycles. The van der Waals surface area contributed by atoms with Crippen LogP contribution in [-0.4, -0.2) is 24.6 Å². The summed E-state index contributed by atoms with van der Waals surface area (Å²) in [5.74, 6) is 0. The lowest BCUT2D eigenvalue weighted by Gasteiger charge is -2.28. The minimum Gasteiger partial charge on any atom is -0.374 e. The van der Waals surface area contributed by atoms with Crippen LogP contribution in [-0.2, 0) is 6.54 Å². The Hall–Kier alpha value is -1.09. The fourth-order valence-electron chi connectivity index (χ4n) is 2.14. The Balaban J connectivity index is 1.96. The van der Waals surface area contributed by atoms with E-state index in [2.05, 4.69) is 55.2 Å². The maximum absolute atomic E-state index is 4.43. The first-order valence-electron chi connectivity index (χ1n) is 6.83. The number of nitrogens with zero attached hydrogens (tertiary/aromatic N) is 2. The third-order valence-corrected chi connectivity index (χ3v) is 3.10. The average Bonchev–Trinajstić information content (AvgIpc) is 3.08. The monoisotopic (exact) mass is 247 g/mol. The Morgan fingerprint density at radius 1 is 1.39 bits per heavy atom. The summed E-state index contributed by atoms with van der Waals surface area (Å²) in [6.07, 6.45) is 4.56. The third kappa shape index (κ3) is 4.30. The zero-order valence-electron chi connectivity index (χ0n) is 12.0. The molecule has 3 heteroatoms. The highest BCUT2D eigenvalue weighted by atomic mass is 15.1. The molecule has 0 atom stereocenters. The van der Waals surface area contributed by atoms with Crippen molar-refractivity contribution in [3.05, 3.63) is 24.0 Å². The van der Waals surface area contributed by atoms with Gasteiger partial charge in [-0.15, -0.1) is 0 Å². The Morgan fingerprint density at radius 3 is 2.72 bits per heavy atom. The number of hydrogen-bond donors (Lipinski definition) is 1. The Morgan fingerprint density at radius 2 is 2.11 bits per heavy atom. The Labute approximate surface area is 111 Å². The molecule has 1 heterocycles. The van der Waals surface area contributed by atoms with Crippen LogP contribution in [0.5, 0.6) is 0 Å². The zero-order chi connectivity index (χ0) is 13.2. The fourth-order valence-corrected chi connectivity index (χ4v) is 2.14. The lowest BCUT2D eigenvalue weighted by molar-refractivity contribution is 0.419. The van der Waals surface area contributed by atoms with Gasteiger partial charge in [-0.3, -0.25) is 4.98 Å². The van der Waals surface area contributed by atoms with E-state index in [1.165, 1.54) is 18.5 Å². The van der Waals surface area contributed by atoms with Crippen molar-refractivity contribution in [2.75, 3.05) is 18.5 Å². The third-order valence-electron chi connectivity index (χ3n) is 3.10. The van der Waals surface area contributed by atoms with E-state index >= 15 is 0 Å². The largest absolute Gasteiger partial charge is 0.374 e. The number of hydrogen-bond acceptors (Lipinski definition) is 3. The molecule has 0 aromatic carbocycles. The number of anilines is 1. The molecule has 18 heavy (non-hydrogen) atoms. The van der Waals surface area contributed by atoms with Crippen LogP contribution in [0.25, 0.3) is 0 Å². The SMILES string of the molecule is CN(CC(C)(C)C)c1ccnc(CNC2CC2)c1. The summed E-state index contributed by atoms with van der Waals surface area (Å²) in [5.41, 5.74) is 2.71. The molecule has 0 radical (unpaired) electrons. The summed E-state index contributed by atoms with van der Waals surface area (Å²) >= 11 is 0. The molecule has 1 aliphatic carbocycles. The second-order valence-electron chi connectivity index (χ2n) is 6.58. The van der Waals surface area contributed by atoms with Gasteiger partial charge in [-0.05, 0) is 30.4 Å². The summed E-state index contributed by atoms with van der Waals surface area (Å²) in [6.45, 7) is 8.73. The molecule has 3 nitrogen and oxygen atoms in total. The van der Waals surface area contributed by atoms with Crippen LogP contribution < -0.4 is 10.2 Å². The molecule has 0 spiro atoms. The molecule has 0 saturated heterocycles. The van der Waals surface area contributed by atoms with E-state index in [1.807, 2.05) is 6.20 Å². The van der Waals surface area contributed by atoms with Crippen LogP contribution >= 0.6 is 0 Å². The number of rotatable bonds is 5. The van der Waals surface area contributed by atoms with E-state index in [-0.39, 0.29) is 0 Å². The van der Waals surface area contributed by atoms with Crippen molar-refractivity contribution in [2.24, 2.45) is 5.41 Å². The van der Waals surface area contributed by atoms with Crippen LogP contribution in [0.3, 0.4) is 0 Å². The summed E-state index contributed by atoms with van der Waals surface area (Å²) in [5, 5.41) is 3.51. The van der Waals surface area contributed by atoms with Gasteiger partial charge >= 0.3 is 0 Å². The van der Waals surface area contributed by atoms with Crippen molar-refractivity contribution in [1.82, 2.24) is 10.3 Å². The number of pyridine rings is 1. The lowest BCUT2D eigenvalue weighted by Crippen LogP contribution is -2.29. The number of nitrogens with one attached hydrogen (secondary N) is 1. The molecule has 1 aliphatic rings. The van der Waals surface area contributed by atoms with Crippen LogP contribution in [0.1, 0.15) is 39.3 Å². The smallest absolute Gasteiger partial charge is 0.0562 e. The van der Waals surface area contributed by atoms with E-state index < -0.39 is 0 Å². The highest BCUT2D eigenvalue weighted by Crippen LogP contribution is 2.21. The standard InChI is InChI=1S/C15H25N3/c1-15(2,3)11-18(4)14-7-8-16-13(9-14)10-17-12-5-6-12/h7-9,12,17H,5-6,10-11H2,1-4H3. The maximum Gasteiger partial charge on any atom is 0.0562 e. The molecule has 1 aromatic rings. The average molecular weight is 247 g/mol. The van der Waals surface area contributed by atoms with Gasteiger partial charge in [0.15, 0.2) is 0 Å². The lowest BCUT2D eigenvalue weighted by atomic mass is 9.96. The van der Waals surface area contributed by atoms with Crippen LogP contribution in [0.4, 0.5) is 5.69 Å². The molecule has 1 aromatic heterocycles. The minimum atomic E-state index is 0.310. The van der Waals surface area contributed by atoms with Gasteiger partial charge in [0.05, 0.1) is 5.69 Å². The van der Waals surface area contributed by atoms with E-state index in [0.29, 0.717) is 5.41 Å². The van der Waals surface area contributed by atoms with E-state index in [0.717, 1.165) is 24.8 Å². The molecule has 1 fully saturated rings. The van der Waals surface area contributed by atoms with E-state index in [4.69, 9.17) is 0 Å². The first-order valence-corrected chi connectivity index (χ1v) is 6.83. The van der Waals surface area contributed by atoms with Crippen molar-refractivity contribution in [3.8, 4) is 0 Å². The van der Waals surface area contributed by atoms with Crippen molar-refractivity contribution >= 4 is 5.69 Å². The van der Waals surface area contributed by atoms with E-state index in [1.54, 1.807) is 0 Å². The molecular weight excluding hydrogens is 222 g/mol. The summed E-state index contributed by atoms with van der Waals surface area (Å²) < 4.78 is 0. The van der Waals surface area contributed by atoms with Gasteiger partial charge < -0.3 is 10.2 Å². The highest BCUT2D eigenvalue weighted by Gasteiger charge is 2.20. The van der Waals surface area contributed by atoms with Crippen LogP contribution in [0.2, 0.25) is 0 Å². The maximum atomic E-state index is 4.43. The van der Waals surface area contributed by atoms with Gasteiger partial charge in [-0.1, -0.05) is 20.8 Å². The van der Waals surface area contributed by atoms with Gasteiger partial charge in [0.25, 0.3) is 0 Å². The molecule has 2 rings (SSSR count). The molecule has 1 N–H and O–H groups in total. The first-order chi connectivity index (χ1) is 8.44. The molecule has 0 aliphatic heterocycles. The van der Waals surface area contributed by atoms with Crippen LogP contribution in [0, 0.1) is 5.41 Å². The van der Waals surface area contributed by atoms with Crippen molar-refractivity contribution in [2.45, 2.75) is 46.2 Å². The molecule has 0 unspecified atom stereocenters. The van der Waals surface area contributed by atoms with Gasteiger partial charge in [0.1, 0.15) is 0 Å². The van der Waals surface area contributed by atoms with Crippen molar-refractivity contribution in [1.29, 1.82) is 0 Å². The van der Waals surface area contributed by atoms with E-state index in [9.17, 15) is 0 Å². The predicted molar refractivity (Wildman–Crippen MR) is 76.8 cm³/mol. The molecule has 100 valence electrons. The summed E-state index contributed by atoms with van der Waals surface area (Å²) in [7, 11) is 2.15. The topological polar surface area (TPSA) is 28.2 Å². The normalized spacial score (nSPS) is 15.8. The van der Waals surface area contributed by atoms with Crippen molar-refractivity contribution in [3.63, 3.8) is 0 Å². The molecule has 0 bridgehead atoms. The second-order valence-corrected chi connectivity index (χ2v) is 6.58. The van der Waals surface area contributed by atoms with Gasteiger partial charge in [-0.2, -0.15) is 0 Å². The van der Waals surface area contributed by atoms with Gasteiger partial charge in [-0.25, -0.2) is 0 Å². The number of aromatic nitrogens is 1. The molecular formula is C15H25N3. The molecule has 0 amide bonds. The summed E-state index contributed by atoms with van der Waals surface area (Å²) in [6, 6.07) is 5.02. The zero-order valence-corrected chi connectivity index (χ0v) is 12.0. The van der Waals surface area contributed by atoms with Crippen LogP contribution in [0.15, 0.2) is 18.3 Å². The fraction of sp³-hybridized carbons (Fsp3) is 0.667. The Bertz CT molecular complexity index is 391. The summed E-state index contributed by atoms with van der Waals surface area (Å²) in [4.78, 5) is 6.74. The van der Waals surface area contributed by atoms with Gasteiger partial charge in [0, 0.05) is 38.1 Å². The second kappa shape index (κ2) is 5.27. The first kappa shape index (κ1) is 13.3. The minimum absolute atomic E-state index is 0.310. The van der Waals surface area contributed by atoms with Crippen molar-refractivity contribution < 1.29 is 0 Å². The predicted octanol–water partition coefficient (Wildman–Crippen LogP) is 2.82. The van der Waals surface area contributed by atoms with Gasteiger partial charge in [0.2, 0.25) is 0 Å². The highest BCUT2D eigenvalue weighted by molar-refractivity contribution is 5.45. The quantitative estimate of drug-likeness (QED) is 0.867.